The summed E-state index contributed by atoms with van der Waals surface area (Å²) in [4.78, 5) is 10.7. The van der Waals surface area contributed by atoms with Gasteiger partial charge in [-0.2, -0.15) is 0 Å². The van der Waals surface area contributed by atoms with Crippen LogP contribution in [0.2, 0.25) is 0 Å². The molecule has 0 amide bonds. The summed E-state index contributed by atoms with van der Waals surface area (Å²) in [6, 6.07) is 5.80. The molecule has 0 saturated heterocycles. The van der Waals surface area contributed by atoms with E-state index in [1.165, 1.54) is 0 Å². The lowest BCUT2D eigenvalue weighted by Crippen LogP contribution is -2.02. The molecule has 4 nitrogen and oxygen atoms in total. The SMILES string of the molecule is CCCOc1ccc(/C(=C/CC(=O)O)CC)cc1OCCC. The van der Waals surface area contributed by atoms with Gasteiger partial charge in [0.25, 0.3) is 0 Å². The summed E-state index contributed by atoms with van der Waals surface area (Å²) in [6.07, 6.45) is 4.42. The van der Waals surface area contributed by atoms with Gasteiger partial charge in [-0.15, -0.1) is 0 Å². The molecule has 0 bridgehead atoms. The predicted molar refractivity (Wildman–Crippen MR) is 88.5 cm³/mol. The van der Waals surface area contributed by atoms with Crippen molar-refractivity contribution in [3.63, 3.8) is 0 Å². The van der Waals surface area contributed by atoms with Crippen LogP contribution in [0.5, 0.6) is 11.5 Å². The molecule has 0 atom stereocenters. The van der Waals surface area contributed by atoms with Crippen molar-refractivity contribution < 1.29 is 19.4 Å². The molecule has 22 heavy (non-hydrogen) atoms. The zero-order valence-corrected chi connectivity index (χ0v) is 13.7. The zero-order chi connectivity index (χ0) is 16.4. The van der Waals surface area contributed by atoms with E-state index in [1.54, 1.807) is 6.08 Å². The molecule has 0 aliphatic heterocycles. The number of carboxylic acids is 1. The normalized spacial score (nSPS) is 11.3. The molecule has 4 heteroatoms. The van der Waals surface area contributed by atoms with Crippen molar-refractivity contribution in [3.05, 3.63) is 29.8 Å². The number of carbonyl (C=O) groups is 1. The van der Waals surface area contributed by atoms with Gasteiger partial charge in [-0.3, -0.25) is 4.79 Å². The molecule has 0 aromatic heterocycles. The molecule has 0 aliphatic rings. The number of hydrogen-bond acceptors (Lipinski definition) is 3. The Morgan fingerprint density at radius 1 is 1.09 bits per heavy atom. The summed E-state index contributed by atoms with van der Waals surface area (Å²) in [6.45, 7) is 7.41. The summed E-state index contributed by atoms with van der Waals surface area (Å²) in [5.41, 5.74) is 1.99. The van der Waals surface area contributed by atoms with E-state index in [4.69, 9.17) is 14.6 Å². The standard InChI is InChI=1S/C18H26O4/c1-4-11-21-16-9-7-15(13-17(16)22-12-5-2)14(6-3)8-10-18(19)20/h7-9,13H,4-6,10-12H2,1-3H3,(H,19,20)/b14-8+. The van der Waals surface area contributed by atoms with Gasteiger partial charge in [0.2, 0.25) is 0 Å². The second kappa shape index (κ2) is 9.87. The lowest BCUT2D eigenvalue weighted by Gasteiger charge is -2.14. The Balaban J connectivity index is 3.04. The van der Waals surface area contributed by atoms with E-state index < -0.39 is 5.97 Å². The van der Waals surface area contributed by atoms with E-state index in [-0.39, 0.29) is 6.42 Å². The number of benzene rings is 1. The first-order valence-electron chi connectivity index (χ1n) is 7.93. The average Bonchev–Trinajstić information content (AvgIpc) is 2.52. The minimum Gasteiger partial charge on any atom is -0.490 e. The molecule has 0 spiro atoms. The van der Waals surface area contributed by atoms with Gasteiger partial charge in [0.15, 0.2) is 11.5 Å². The van der Waals surface area contributed by atoms with E-state index in [9.17, 15) is 4.79 Å². The minimum absolute atomic E-state index is 0.0302. The maximum Gasteiger partial charge on any atom is 0.307 e. The molecule has 122 valence electrons. The number of carboxylic acid groups (broad SMARTS) is 1. The fraction of sp³-hybridized carbons (Fsp3) is 0.500. The molecular formula is C18H26O4. The Hall–Kier alpha value is -1.97. The highest BCUT2D eigenvalue weighted by molar-refractivity contribution is 5.75. The molecule has 0 saturated carbocycles. The van der Waals surface area contributed by atoms with Crippen molar-refractivity contribution >= 4 is 11.5 Å². The number of rotatable bonds is 10. The molecule has 0 unspecified atom stereocenters. The predicted octanol–water partition coefficient (Wildman–Crippen LogP) is 4.53. The van der Waals surface area contributed by atoms with Crippen LogP contribution in [-0.4, -0.2) is 24.3 Å². The van der Waals surface area contributed by atoms with Gasteiger partial charge in [0.1, 0.15) is 0 Å². The van der Waals surface area contributed by atoms with Crippen molar-refractivity contribution in [1.29, 1.82) is 0 Å². The molecule has 0 heterocycles. The fourth-order valence-corrected chi connectivity index (χ4v) is 2.04. The third-order valence-electron chi connectivity index (χ3n) is 3.14. The maximum absolute atomic E-state index is 10.7. The van der Waals surface area contributed by atoms with Crippen molar-refractivity contribution in [2.45, 2.75) is 46.5 Å². The van der Waals surface area contributed by atoms with Crippen LogP contribution in [0.15, 0.2) is 24.3 Å². The molecule has 1 N–H and O–H groups in total. The van der Waals surface area contributed by atoms with Crippen LogP contribution in [0.25, 0.3) is 5.57 Å². The minimum atomic E-state index is -0.823. The monoisotopic (exact) mass is 306 g/mol. The molecule has 0 aliphatic carbocycles. The Morgan fingerprint density at radius 2 is 1.73 bits per heavy atom. The Morgan fingerprint density at radius 3 is 2.27 bits per heavy atom. The summed E-state index contributed by atoms with van der Waals surface area (Å²) in [7, 11) is 0. The van der Waals surface area contributed by atoms with Crippen molar-refractivity contribution in [2.24, 2.45) is 0 Å². The van der Waals surface area contributed by atoms with Gasteiger partial charge in [-0.25, -0.2) is 0 Å². The lowest BCUT2D eigenvalue weighted by atomic mass is 10.0. The van der Waals surface area contributed by atoms with E-state index in [2.05, 4.69) is 13.8 Å². The Labute approximate surface area is 132 Å². The molecular weight excluding hydrogens is 280 g/mol. The Kier molecular flexibility index (Phi) is 8.11. The summed E-state index contributed by atoms with van der Waals surface area (Å²) in [5.74, 6) is 0.645. The van der Waals surface area contributed by atoms with E-state index >= 15 is 0 Å². The van der Waals surface area contributed by atoms with E-state index in [1.807, 2.05) is 25.1 Å². The first-order chi connectivity index (χ1) is 10.6. The van der Waals surface area contributed by atoms with Crippen LogP contribution < -0.4 is 9.47 Å². The van der Waals surface area contributed by atoms with Gasteiger partial charge >= 0.3 is 5.97 Å². The quantitative estimate of drug-likeness (QED) is 0.690. The third-order valence-corrected chi connectivity index (χ3v) is 3.14. The first kappa shape index (κ1) is 18.1. The second-order valence-corrected chi connectivity index (χ2v) is 5.04. The van der Waals surface area contributed by atoms with Crippen LogP contribution in [0.4, 0.5) is 0 Å². The number of allylic oxidation sites excluding steroid dienone is 1. The number of ether oxygens (including phenoxy) is 2. The second-order valence-electron chi connectivity index (χ2n) is 5.04. The van der Waals surface area contributed by atoms with Crippen molar-refractivity contribution in [1.82, 2.24) is 0 Å². The van der Waals surface area contributed by atoms with Crippen LogP contribution >= 0.6 is 0 Å². The lowest BCUT2D eigenvalue weighted by molar-refractivity contribution is -0.135. The van der Waals surface area contributed by atoms with Crippen LogP contribution in [0, 0.1) is 0 Å². The zero-order valence-electron chi connectivity index (χ0n) is 13.7. The first-order valence-corrected chi connectivity index (χ1v) is 7.93. The summed E-state index contributed by atoms with van der Waals surface area (Å²) in [5, 5.41) is 8.83. The molecule has 1 aromatic rings. The van der Waals surface area contributed by atoms with Crippen molar-refractivity contribution in [2.75, 3.05) is 13.2 Å². The molecule has 1 rings (SSSR count). The van der Waals surface area contributed by atoms with Gasteiger partial charge in [-0.1, -0.05) is 32.9 Å². The smallest absolute Gasteiger partial charge is 0.307 e. The largest absolute Gasteiger partial charge is 0.490 e. The highest BCUT2D eigenvalue weighted by Gasteiger charge is 2.09. The number of hydrogen-bond donors (Lipinski definition) is 1. The van der Waals surface area contributed by atoms with Crippen LogP contribution in [0.3, 0.4) is 0 Å². The Bertz CT molecular complexity index is 506. The van der Waals surface area contributed by atoms with Gasteiger partial charge < -0.3 is 14.6 Å². The van der Waals surface area contributed by atoms with E-state index in [0.29, 0.717) is 13.2 Å². The maximum atomic E-state index is 10.7. The fourth-order valence-electron chi connectivity index (χ4n) is 2.04. The van der Waals surface area contributed by atoms with Crippen molar-refractivity contribution in [3.8, 4) is 11.5 Å². The van der Waals surface area contributed by atoms with Crippen LogP contribution in [0.1, 0.15) is 52.0 Å². The van der Waals surface area contributed by atoms with Gasteiger partial charge in [0, 0.05) is 0 Å². The van der Waals surface area contributed by atoms with Crippen LogP contribution in [-0.2, 0) is 4.79 Å². The highest BCUT2D eigenvalue weighted by atomic mass is 16.5. The third kappa shape index (κ3) is 5.80. The number of aliphatic carboxylic acids is 1. The molecule has 0 radical (unpaired) electrons. The van der Waals surface area contributed by atoms with Gasteiger partial charge in [0.05, 0.1) is 19.6 Å². The molecule has 1 aromatic carbocycles. The summed E-state index contributed by atoms with van der Waals surface area (Å²) < 4.78 is 11.5. The van der Waals surface area contributed by atoms with Gasteiger partial charge in [-0.05, 0) is 42.5 Å². The topological polar surface area (TPSA) is 55.8 Å². The highest BCUT2D eigenvalue weighted by Crippen LogP contribution is 2.32. The average molecular weight is 306 g/mol. The van der Waals surface area contributed by atoms with E-state index in [0.717, 1.165) is 41.9 Å². The molecule has 0 fully saturated rings. The summed E-state index contributed by atoms with van der Waals surface area (Å²) >= 11 is 0.